The van der Waals surface area contributed by atoms with E-state index in [9.17, 15) is 0 Å². The lowest BCUT2D eigenvalue weighted by molar-refractivity contribution is 0.990. The molecule has 2 heterocycles. The van der Waals surface area contributed by atoms with Crippen molar-refractivity contribution in [3.05, 3.63) is 81.2 Å². The molecule has 3 rings (SSSR count). The number of amidine groups is 2. The number of allylic oxidation sites excluding steroid dienone is 3. The normalized spacial score (nSPS) is 18.2. The molecule has 0 aliphatic carbocycles. The zero-order valence-corrected chi connectivity index (χ0v) is 16.9. The van der Waals surface area contributed by atoms with E-state index in [0.29, 0.717) is 16.5 Å². The first-order chi connectivity index (χ1) is 13.0. The van der Waals surface area contributed by atoms with Crippen LogP contribution in [0.15, 0.2) is 70.1 Å². The standard InChI is InChI=1S/C21H20Cl2N4/c1-4-16(17-8-7-15(22)10-18(17)23)13(2)19-11-20(24-3)27-21(26-19)14-6-5-9-25-12-14/h4-10,12H,11H2,1-3H3,(H,24,26,27)/b16-4+,19-13+. The van der Waals surface area contributed by atoms with Crippen LogP contribution in [-0.4, -0.2) is 23.7 Å². The van der Waals surface area contributed by atoms with Crippen molar-refractivity contribution in [3.63, 3.8) is 0 Å². The molecule has 0 spiro atoms. The van der Waals surface area contributed by atoms with Crippen LogP contribution in [0.4, 0.5) is 0 Å². The molecule has 0 radical (unpaired) electrons. The third-order valence-corrected chi connectivity index (χ3v) is 4.95. The second-order valence-electron chi connectivity index (χ2n) is 6.07. The molecule has 0 saturated heterocycles. The summed E-state index contributed by atoms with van der Waals surface area (Å²) in [6.07, 6.45) is 6.19. The van der Waals surface area contributed by atoms with Gasteiger partial charge in [0.15, 0.2) is 0 Å². The van der Waals surface area contributed by atoms with E-state index in [-0.39, 0.29) is 0 Å². The highest BCUT2D eigenvalue weighted by atomic mass is 35.5. The van der Waals surface area contributed by atoms with Gasteiger partial charge in [0, 0.05) is 52.7 Å². The van der Waals surface area contributed by atoms with E-state index in [0.717, 1.165) is 39.6 Å². The van der Waals surface area contributed by atoms with Gasteiger partial charge in [-0.1, -0.05) is 35.3 Å². The predicted octanol–water partition coefficient (Wildman–Crippen LogP) is 5.53. The topological polar surface area (TPSA) is 49.6 Å². The predicted molar refractivity (Wildman–Crippen MR) is 115 cm³/mol. The highest BCUT2D eigenvalue weighted by Crippen LogP contribution is 2.33. The molecule has 1 aromatic carbocycles. The highest BCUT2D eigenvalue weighted by Gasteiger charge is 2.20. The maximum atomic E-state index is 6.44. The van der Waals surface area contributed by atoms with Crippen molar-refractivity contribution >= 4 is 40.4 Å². The molecular weight excluding hydrogens is 379 g/mol. The van der Waals surface area contributed by atoms with Crippen LogP contribution in [0, 0.1) is 0 Å². The van der Waals surface area contributed by atoms with Crippen molar-refractivity contribution in [2.45, 2.75) is 20.3 Å². The van der Waals surface area contributed by atoms with Gasteiger partial charge in [0.2, 0.25) is 0 Å². The molecule has 1 aliphatic rings. The minimum atomic E-state index is 0.617. The average Bonchev–Trinajstić information content (AvgIpc) is 2.70. The molecule has 0 unspecified atom stereocenters. The summed E-state index contributed by atoms with van der Waals surface area (Å²) >= 11 is 12.5. The molecule has 0 saturated carbocycles. The van der Waals surface area contributed by atoms with Gasteiger partial charge in [-0.3, -0.25) is 9.98 Å². The highest BCUT2D eigenvalue weighted by molar-refractivity contribution is 6.35. The second kappa shape index (κ2) is 8.51. The van der Waals surface area contributed by atoms with Gasteiger partial charge in [-0.2, -0.15) is 0 Å². The van der Waals surface area contributed by atoms with Crippen LogP contribution in [0.3, 0.4) is 0 Å². The van der Waals surface area contributed by atoms with E-state index in [4.69, 9.17) is 23.2 Å². The molecule has 1 aliphatic heterocycles. The van der Waals surface area contributed by atoms with E-state index in [1.807, 2.05) is 31.2 Å². The summed E-state index contributed by atoms with van der Waals surface area (Å²) in [5.74, 6) is 1.50. The number of nitrogens with zero attached hydrogens (tertiary/aromatic N) is 3. The van der Waals surface area contributed by atoms with Crippen molar-refractivity contribution in [1.82, 2.24) is 10.3 Å². The van der Waals surface area contributed by atoms with E-state index in [1.54, 1.807) is 25.5 Å². The maximum absolute atomic E-state index is 6.44. The lowest BCUT2D eigenvalue weighted by Crippen LogP contribution is -2.31. The van der Waals surface area contributed by atoms with Crippen LogP contribution in [-0.2, 0) is 0 Å². The van der Waals surface area contributed by atoms with Gasteiger partial charge in [-0.25, -0.2) is 4.99 Å². The fourth-order valence-electron chi connectivity index (χ4n) is 2.98. The Bertz CT molecular complexity index is 973. The van der Waals surface area contributed by atoms with Gasteiger partial charge >= 0.3 is 0 Å². The average molecular weight is 399 g/mol. The van der Waals surface area contributed by atoms with E-state index >= 15 is 0 Å². The van der Waals surface area contributed by atoms with Crippen molar-refractivity contribution in [1.29, 1.82) is 0 Å². The summed E-state index contributed by atoms with van der Waals surface area (Å²) in [6.45, 7) is 4.07. The number of hydrogen-bond acceptors (Lipinski definition) is 3. The van der Waals surface area contributed by atoms with Gasteiger partial charge in [-0.15, -0.1) is 0 Å². The number of aromatic nitrogens is 1. The molecule has 0 bridgehead atoms. The summed E-state index contributed by atoms with van der Waals surface area (Å²) in [7, 11) is 1.75. The fraction of sp³-hybridized carbons (Fsp3) is 0.190. The van der Waals surface area contributed by atoms with Crippen molar-refractivity contribution in [2.75, 3.05) is 7.05 Å². The van der Waals surface area contributed by atoms with E-state index in [1.165, 1.54) is 0 Å². The Kier molecular flexibility index (Phi) is 6.09. The molecule has 1 N–H and O–H groups in total. The summed E-state index contributed by atoms with van der Waals surface area (Å²) in [5, 5.41) is 4.69. The number of nitrogens with one attached hydrogen (secondary N) is 1. The van der Waals surface area contributed by atoms with Crippen LogP contribution in [0.1, 0.15) is 31.4 Å². The van der Waals surface area contributed by atoms with Crippen LogP contribution in [0.25, 0.3) is 5.57 Å². The smallest absolute Gasteiger partial charge is 0.141 e. The molecule has 1 aromatic heterocycles. The Labute approximate surface area is 169 Å². The van der Waals surface area contributed by atoms with E-state index in [2.05, 4.69) is 33.3 Å². The number of aliphatic imine (C=N–C) groups is 2. The fourth-order valence-corrected chi connectivity index (χ4v) is 3.49. The first-order valence-electron chi connectivity index (χ1n) is 8.57. The Morgan fingerprint density at radius 3 is 2.70 bits per heavy atom. The number of benzene rings is 1. The van der Waals surface area contributed by atoms with Crippen LogP contribution >= 0.6 is 23.2 Å². The number of hydrogen-bond donors (Lipinski definition) is 1. The van der Waals surface area contributed by atoms with Crippen molar-refractivity contribution in [3.8, 4) is 0 Å². The third-order valence-electron chi connectivity index (χ3n) is 4.40. The SMILES string of the molecule is C/C=C(\C(C)=C1/CC(=NC)N=C(c2cccnc2)N1)c1ccc(Cl)cc1Cl. The van der Waals surface area contributed by atoms with Gasteiger partial charge in [0.25, 0.3) is 0 Å². The van der Waals surface area contributed by atoms with E-state index < -0.39 is 0 Å². The molecule has 2 aromatic rings. The lowest BCUT2D eigenvalue weighted by Gasteiger charge is -2.23. The van der Waals surface area contributed by atoms with Crippen LogP contribution in [0.5, 0.6) is 0 Å². The largest absolute Gasteiger partial charge is 0.342 e. The summed E-state index contributed by atoms with van der Waals surface area (Å²) in [4.78, 5) is 13.1. The van der Waals surface area contributed by atoms with Gasteiger partial charge in [0.1, 0.15) is 11.7 Å². The maximum Gasteiger partial charge on any atom is 0.141 e. The molecule has 6 heteroatoms. The summed E-state index contributed by atoms with van der Waals surface area (Å²) < 4.78 is 0. The minimum absolute atomic E-state index is 0.617. The minimum Gasteiger partial charge on any atom is -0.342 e. The van der Waals surface area contributed by atoms with Crippen LogP contribution < -0.4 is 5.32 Å². The van der Waals surface area contributed by atoms with Crippen molar-refractivity contribution in [2.24, 2.45) is 9.98 Å². The molecule has 27 heavy (non-hydrogen) atoms. The quantitative estimate of drug-likeness (QED) is 0.737. The molecule has 4 nitrogen and oxygen atoms in total. The first kappa shape index (κ1) is 19.3. The number of pyridine rings is 1. The summed E-state index contributed by atoms with van der Waals surface area (Å²) in [5.41, 5.74) is 5.01. The second-order valence-corrected chi connectivity index (χ2v) is 6.92. The number of halogens is 2. The third kappa shape index (κ3) is 4.29. The zero-order valence-electron chi connectivity index (χ0n) is 15.4. The zero-order chi connectivity index (χ0) is 19.4. The first-order valence-corrected chi connectivity index (χ1v) is 9.32. The van der Waals surface area contributed by atoms with Crippen molar-refractivity contribution < 1.29 is 0 Å². The monoisotopic (exact) mass is 398 g/mol. The Hall–Kier alpha value is -2.43. The molecule has 0 fully saturated rings. The molecular formula is C21H20Cl2N4. The van der Waals surface area contributed by atoms with Gasteiger partial charge < -0.3 is 5.32 Å². The van der Waals surface area contributed by atoms with Gasteiger partial charge in [-0.05, 0) is 49.3 Å². The Morgan fingerprint density at radius 1 is 1.26 bits per heavy atom. The van der Waals surface area contributed by atoms with Crippen LogP contribution in [0.2, 0.25) is 10.0 Å². The lowest BCUT2D eigenvalue weighted by atomic mass is 9.95. The molecule has 138 valence electrons. The summed E-state index contributed by atoms with van der Waals surface area (Å²) in [6, 6.07) is 9.41. The van der Waals surface area contributed by atoms with Gasteiger partial charge in [0.05, 0.1) is 0 Å². The molecule has 0 amide bonds. The molecule has 0 atom stereocenters. The number of rotatable bonds is 3. The Morgan fingerprint density at radius 2 is 2.07 bits per heavy atom. The Balaban J connectivity index is 2.04.